The number of carbonyl (C=O) groups excluding carboxylic acids is 2. The number of aliphatic hydroxyl groups excluding tert-OH is 1. The van der Waals surface area contributed by atoms with Gasteiger partial charge in [0.25, 0.3) is 0 Å². The molecule has 0 radical (unpaired) electrons. The van der Waals surface area contributed by atoms with E-state index in [1.54, 1.807) is 27.7 Å². The molecule has 0 aromatic carbocycles. The maximum absolute atomic E-state index is 12.7. The van der Waals surface area contributed by atoms with E-state index in [1.165, 1.54) is 0 Å². The van der Waals surface area contributed by atoms with Crippen molar-refractivity contribution in [2.45, 2.75) is 61.3 Å². The molecule has 2 amide bonds. The SMILES string of the molecule is C[C@H](C[C@@H]1[C@H](O)C(C)(C)C(=O)N1C(=O)C[C@H](C)C(Cl)(Cl)Cl)C(Cl)Cl. The van der Waals surface area contributed by atoms with E-state index in [4.69, 9.17) is 58.0 Å². The summed E-state index contributed by atoms with van der Waals surface area (Å²) in [4.78, 5) is 25.7. The number of imide groups is 1. The Hall–Kier alpha value is 0.550. The summed E-state index contributed by atoms with van der Waals surface area (Å²) in [5, 5.41) is 10.6. The maximum atomic E-state index is 12.7. The fraction of sp³-hybridized carbons (Fsp3) is 0.867. The average Bonchev–Trinajstić information content (AvgIpc) is 2.58. The second kappa shape index (κ2) is 8.06. The Bertz CT molecular complexity index is 492. The van der Waals surface area contributed by atoms with Crippen LogP contribution in [-0.2, 0) is 9.59 Å². The zero-order valence-electron chi connectivity index (χ0n) is 13.9. The Balaban J connectivity index is 3.06. The highest BCUT2D eigenvalue weighted by Crippen LogP contribution is 2.42. The summed E-state index contributed by atoms with van der Waals surface area (Å²) in [5.41, 5.74) is -1.09. The molecule has 4 atom stereocenters. The van der Waals surface area contributed by atoms with Gasteiger partial charge in [-0.2, -0.15) is 0 Å². The lowest BCUT2D eigenvalue weighted by Crippen LogP contribution is -2.44. The van der Waals surface area contributed by atoms with Crippen molar-refractivity contribution in [3.63, 3.8) is 0 Å². The molecule has 1 rings (SSSR count). The van der Waals surface area contributed by atoms with Gasteiger partial charge >= 0.3 is 0 Å². The molecule has 1 N–H and O–H groups in total. The second-order valence-electron chi connectivity index (χ2n) is 7.00. The van der Waals surface area contributed by atoms with Crippen LogP contribution < -0.4 is 0 Å². The highest BCUT2D eigenvalue weighted by atomic mass is 35.6. The normalized spacial score (nSPS) is 26.8. The first-order valence-corrected chi connectivity index (χ1v) is 9.61. The van der Waals surface area contributed by atoms with Crippen LogP contribution in [0.15, 0.2) is 0 Å². The summed E-state index contributed by atoms with van der Waals surface area (Å²) in [7, 11) is 0. The van der Waals surface area contributed by atoms with Crippen molar-refractivity contribution in [3.05, 3.63) is 0 Å². The summed E-state index contributed by atoms with van der Waals surface area (Å²) < 4.78 is -1.62. The number of hydrogen-bond acceptors (Lipinski definition) is 3. The Kier molecular flexibility index (Phi) is 7.58. The van der Waals surface area contributed by atoms with E-state index in [0.717, 1.165) is 4.90 Å². The van der Waals surface area contributed by atoms with E-state index < -0.39 is 43.9 Å². The van der Waals surface area contributed by atoms with E-state index in [1.807, 2.05) is 0 Å². The minimum absolute atomic E-state index is 0.124. The highest BCUT2D eigenvalue weighted by Gasteiger charge is 2.55. The lowest BCUT2D eigenvalue weighted by Gasteiger charge is -2.29. The summed E-state index contributed by atoms with van der Waals surface area (Å²) in [6.07, 6.45) is -0.852. The third-order valence-corrected chi connectivity index (χ3v) is 6.54. The van der Waals surface area contributed by atoms with Gasteiger partial charge in [-0.05, 0) is 26.2 Å². The van der Waals surface area contributed by atoms with E-state index >= 15 is 0 Å². The van der Waals surface area contributed by atoms with Gasteiger partial charge in [0.1, 0.15) is 4.84 Å². The van der Waals surface area contributed by atoms with E-state index in [2.05, 4.69) is 0 Å². The Morgan fingerprint density at radius 3 is 2.21 bits per heavy atom. The summed E-state index contributed by atoms with van der Waals surface area (Å²) >= 11 is 29.2. The Morgan fingerprint density at radius 2 is 1.79 bits per heavy atom. The van der Waals surface area contributed by atoms with Crippen molar-refractivity contribution >= 4 is 69.8 Å². The quantitative estimate of drug-likeness (QED) is 0.646. The third-order valence-electron chi connectivity index (χ3n) is 4.56. The number of rotatable bonds is 5. The van der Waals surface area contributed by atoms with Crippen molar-refractivity contribution in [1.82, 2.24) is 4.90 Å². The van der Waals surface area contributed by atoms with Gasteiger partial charge in [0.05, 0.1) is 17.6 Å². The van der Waals surface area contributed by atoms with Crippen LogP contribution in [0, 0.1) is 17.3 Å². The number of hydrogen-bond donors (Lipinski definition) is 1. The van der Waals surface area contributed by atoms with Crippen LogP contribution in [0.4, 0.5) is 0 Å². The highest BCUT2D eigenvalue weighted by molar-refractivity contribution is 6.67. The van der Waals surface area contributed by atoms with Gasteiger partial charge in [0.15, 0.2) is 3.79 Å². The van der Waals surface area contributed by atoms with Gasteiger partial charge in [0, 0.05) is 12.3 Å². The molecule has 0 unspecified atom stereocenters. The first kappa shape index (κ1) is 22.6. The predicted octanol–water partition coefficient (Wildman–Crippen LogP) is 4.34. The minimum atomic E-state index is -1.62. The van der Waals surface area contributed by atoms with Crippen LogP contribution in [0.1, 0.15) is 40.5 Å². The van der Waals surface area contributed by atoms with Crippen LogP contribution >= 0.6 is 58.0 Å². The number of amides is 2. The molecule has 0 aromatic heterocycles. The Labute approximate surface area is 167 Å². The van der Waals surface area contributed by atoms with Gasteiger partial charge < -0.3 is 5.11 Å². The number of nitrogens with zero attached hydrogens (tertiary/aromatic N) is 1. The topological polar surface area (TPSA) is 57.6 Å². The van der Waals surface area contributed by atoms with Crippen molar-refractivity contribution < 1.29 is 14.7 Å². The molecule has 9 heteroatoms. The fourth-order valence-electron chi connectivity index (χ4n) is 2.70. The van der Waals surface area contributed by atoms with E-state index in [9.17, 15) is 14.7 Å². The van der Waals surface area contributed by atoms with Gasteiger partial charge in [-0.3, -0.25) is 14.5 Å². The predicted molar refractivity (Wildman–Crippen MR) is 98.8 cm³/mol. The second-order valence-corrected chi connectivity index (χ2v) is 10.5. The van der Waals surface area contributed by atoms with E-state index in [-0.39, 0.29) is 12.3 Å². The number of aliphatic hydroxyl groups is 1. The summed E-state index contributed by atoms with van der Waals surface area (Å²) in [5.74, 6) is -1.73. The van der Waals surface area contributed by atoms with Gasteiger partial charge in [0.2, 0.25) is 11.8 Å². The molecule has 0 saturated carbocycles. The van der Waals surface area contributed by atoms with Gasteiger partial charge in [-0.15, -0.1) is 23.2 Å². The molecule has 0 spiro atoms. The lowest BCUT2D eigenvalue weighted by molar-refractivity contribution is -0.147. The smallest absolute Gasteiger partial charge is 0.237 e. The van der Waals surface area contributed by atoms with Crippen molar-refractivity contribution in [3.8, 4) is 0 Å². The van der Waals surface area contributed by atoms with Crippen LogP contribution in [0.5, 0.6) is 0 Å². The number of halogens is 5. The number of carbonyl (C=O) groups is 2. The van der Waals surface area contributed by atoms with Crippen molar-refractivity contribution in [2.24, 2.45) is 17.3 Å². The van der Waals surface area contributed by atoms with Crippen LogP contribution in [0.3, 0.4) is 0 Å². The number of likely N-dealkylation sites (tertiary alicyclic amines) is 1. The zero-order chi connectivity index (χ0) is 19.0. The molecule has 1 aliphatic heterocycles. The maximum Gasteiger partial charge on any atom is 0.237 e. The molecule has 1 heterocycles. The zero-order valence-corrected chi connectivity index (χ0v) is 17.7. The molecular weight excluding hydrogens is 419 g/mol. The van der Waals surface area contributed by atoms with Crippen LogP contribution in [0.2, 0.25) is 0 Å². The molecule has 24 heavy (non-hydrogen) atoms. The van der Waals surface area contributed by atoms with E-state index in [0.29, 0.717) is 6.42 Å². The average molecular weight is 442 g/mol. The van der Waals surface area contributed by atoms with Gasteiger partial charge in [-0.25, -0.2) is 0 Å². The molecule has 4 nitrogen and oxygen atoms in total. The molecule has 0 bridgehead atoms. The summed E-state index contributed by atoms with van der Waals surface area (Å²) in [6, 6.07) is -0.711. The monoisotopic (exact) mass is 439 g/mol. The van der Waals surface area contributed by atoms with Crippen LogP contribution in [0.25, 0.3) is 0 Å². The molecule has 0 aromatic rings. The first-order chi connectivity index (χ1) is 10.7. The standard InChI is InChI=1S/C15H22Cl5NO3/c1-7(12(16)17)5-9-11(23)14(3,4)13(24)21(9)10(22)6-8(2)15(18,19)20/h7-9,11-12,23H,5-6H2,1-4H3/t7-,8+,9-,11+/m1/s1. The van der Waals surface area contributed by atoms with Crippen LogP contribution in [-0.4, -0.2) is 42.6 Å². The molecular formula is C15H22Cl5NO3. The van der Waals surface area contributed by atoms with Crippen molar-refractivity contribution in [2.75, 3.05) is 0 Å². The lowest BCUT2D eigenvalue weighted by atomic mass is 9.84. The molecule has 1 aliphatic rings. The molecule has 140 valence electrons. The molecule has 0 aliphatic carbocycles. The third kappa shape index (κ3) is 4.83. The molecule has 1 saturated heterocycles. The fourth-order valence-corrected chi connectivity index (χ4v) is 3.14. The Morgan fingerprint density at radius 1 is 1.29 bits per heavy atom. The van der Waals surface area contributed by atoms with Gasteiger partial charge in [-0.1, -0.05) is 48.7 Å². The number of alkyl halides is 5. The van der Waals surface area contributed by atoms with Crippen molar-refractivity contribution in [1.29, 1.82) is 0 Å². The largest absolute Gasteiger partial charge is 0.390 e. The summed E-state index contributed by atoms with van der Waals surface area (Å²) in [6.45, 7) is 6.60. The first-order valence-electron chi connectivity index (χ1n) is 7.60. The minimum Gasteiger partial charge on any atom is -0.390 e. The molecule has 1 fully saturated rings.